The van der Waals surface area contributed by atoms with E-state index in [1.165, 1.54) is 11.8 Å². The number of halogens is 3. The first kappa shape index (κ1) is 25.3. The van der Waals surface area contributed by atoms with Gasteiger partial charge < -0.3 is 15.4 Å². The van der Waals surface area contributed by atoms with Gasteiger partial charge in [0.1, 0.15) is 5.75 Å². The number of aliphatic imine (C=N–C) groups is 1. The Kier molecular flexibility index (Phi) is 8.18. The first-order valence-electron chi connectivity index (χ1n) is 10.3. The van der Waals surface area contributed by atoms with Crippen molar-refractivity contribution >= 4 is 85.3 Å². The molecule has 2 N–H and O–H groups in total. The molecule has 10 heteroatoms. The van der Waals surface area contributed by atoms with Gasteiger partial charge in [0, 0.05) is 25.8 Å². The zero-order valence-corrected chi connectivity index (χ0v) is 22.2. The maximum absolute atomic E-state index is 12.5. The van der Waals surface area contributed by atoms with E-state index in [0.29, 0.717) is 42.8 Å². The average molecular weight is 591 g/mol. The number of anilines is 1. The maximum atomic E-state index is 12.5. The number of aryl methyl sites for hydroxylation is 1. The van der Waals surface area contributed by atoms with E-state index in [-0.39, 0.29) is 18.4 Å². The fourth-order valence-corrected chi connectivity index (χ4v) is 4.55. The Labute approximate surface area is 224 Å². The number of rotatable bonds is 6. The van der Waals surface area contributed by atoms with Crippen molar-refractivity contribution in [3.63, 3.8) is 0 Å². The average Bonchev–Trinajstić information content (AvgIpc) is 3.15. The minimum absolute atomic E-state index is 0.216. The van der Waals surface area contributed by atoms with Crippen LogP contribution in [0, 0.1) is 6.92 Å². The summed E-state index contributed by atoms with van der Waals surface area (Å²) in [6.07, 6.45) is 1.70. The number of hydrogen-bond acceptors (Lipinski definition) is 5. The Morgan fingerprint density at radius 2 is 1.91 bits per heavy atom. The first-order chi connectivity index (χ1) is 16.8. The highest BCUT2D eigenvalue weighted by Gasteiger charge is 2.24. The molecule has 0 aromatic heterocycles. The molecule has 0 saturated carbocycles. The molecule has 0 bridgehead atoms. The van der Waals surface area contributed by atoms with Gasteiger partial charge in [0.15, 0.2) is 11.8 Å². The normalized spacial score (nSPS) is 15.4. The van der Waals surface area contributed by atoms with Crippen LogP contribution in [0.15, 0.2) is 75.0 Å². The van der Waals surface area contributed by atoms with Crippen LogP contribution in [0.25, 0.3) is 6.08 Å². The fraction of sp³-hybridized carbons (Fsp3) is 0.0800. The van der Waals surface area contributed by atoms with Crippen molar-refractivity contribution in [3.8, 4) is 5.75 Å². The van der Waals surface area contributed by atoms with Crippen molar-refractivity contribution < 1.29 is 14.3 Å². The largest absolute Gasteiger partial charge is 0.483 e. The summed E-state index contributed by atoms with van der Waals surface area (Å²) in [6.45, 7) is 1.67. The molecule has 1 heterocycles. The Morgan fingerprint density at radius 3 is 2.66 bits per heavy atom. The second kappa shape index (κ2) is 11.3. The second-order valence-electron chi connectivity index (χ2n) is 7.44. The van der Waals surface area contributed by atoms with Crippen LogP contribution >= 0.6 is 50.9 Å². The summed E-state index contributed by atoms with van der Waals surface area (Å²) in [5.41, 5.74) is 2.81. The van der Waals surface area contributed by atoms with Crippen molar-refractivity contribution in [2.45, 2.75) is 6.92 Å². The molecule has 0 atom stereocenters. The van der Waals surface area contributed by atoms with Crippen LogP contribution < -0.4 is 15.4 Å². The number of ether oxygens (including phenoxy) is 1. The smallest absolute Gasteiger partial charge is 0.264 e. The molecule has 1 aliphatic heterocycles. The molecule has 1 saturated heterocycles. The van der Waals surface area contributed by atoms with Crippen LogP contribution in [0.2, 0.25) is 10.0 Å². The van der Waals surface area contributed by atoms with Crippen LogP contribution in [0.3, 0.4) is 0 Å². The molecule has 3 aromatic rings. The van der Waals surface area contributed by atoms with Gasteiger partial charge in [0.05, 0.1) is 10.6 Å². The number of carbonyl (C=O) groups is 2. The predicted octanol–water partition coefficient (Wildman–Crippen LogP) is 6.97. The number of benzene rings is 3. The quantitative estimate of drug-likeness (QED) is 0.304. The minimum atomic E-state index is -0.336. The molecule has 2 amide bonds. The lowest BCUT2D eigenvalue weighted by Gasteiger charge is -2.11. The lowest BCUT2D eigenvalue weighted by molar-refractivity contribution is -0.118. The van der Waals surface area contributed by atoms with Gasteiger partial charge in [-0.1, -0.05) is 45.2 Å². The van der Waals surface area contributed by atoms with Crippen LogP contribution in [-0.2, 0) is 9.59 Å². The van der Waals surface area contributed by atoms with E-state index >= 15 is 0 Å². The third-order valence-electron chi connectivity index (χ3n) is 4.78. The number of amidine groups is 1. The third-order valence-corrected chi connectivity index (χ3v) is 6.84. The zero-order valence-electron chi connectivity index (χ0n) is 18.3. The highest BCUT2D eigenvalue weighted by atomic mass is 79.9. The third kappa shape index (κ3) is 6.89. The zero-order chi connectivity index (χ0) is 24.9. The predicted molar refractivity (Wildman–Crippen MR) is 147 cm³/mol. The van der Waals surface area contributed by atoms with Gasteiger partial charge in [-0.25, -0.2) is 4.99 Å². The van der Waals surface area contributed by atoms with Crippen LogP contribution in [0.4, 0.5) is 11.4 Å². The van der Waals surface area contributed by atoms with Crippen molar-refractivity contribution in [1.82, 2.24) is 5.32 Å². The molecule has 1 fully saturated rings. The van der Waals surface area contributed by atoms with Crippen molar-refractivity contribution in [2.24, 2.45) is 4.99 Å². The van der Waals surface area contributed by atoms with Crippen LogP contribution in [0.1, 0.15) is 11.1 Å². The van der Waals surface area contributed by atoms with Gasteiger partial charge in [0.2, 0.25) is 0 Å². The van der Waals surface area contributed by atoms with Crippen molar-refractivity contribution in [3.05, 3.63) is 91.2 Å². The number of amides is 2. The number of thioether (sulfide) groups is 1. The SMILES string of the molecule is Cc1ccc(NC(=O)COc2ccc(Br)cc2/C=C2\SC(=Nc3ccc(Cl)cc3)NC2=O)cc1Cl. The Hall–Kier alpha value is -2.78. The molecular formula is C25H18BrCl2N3O3S. The molecule has 4 rings (SSSR count). The molecular weight excluding hydrogens is 573 g/mol. The van der Waals surface area contributed by atoms with Crippen molar-refractivity contribution in [2.75, 3.05) is 11.9 Å². The van der Waals surface area contributed by atoms with E-state index in [1.807, 2.05) is 19.1 Å². The Bertz CT molecular complexity index is 1360. The Balaban J connectivity index is 1.47. The molecule has 0 spiro atoms. The second-order valence-corrected chi connectivity index (χ2v) is 10.2. The maximum Gasteiger partial charge on any atom is 0.264 e. The molecule has 3 aromatic carbocycles. The van der Waals surface area contributed by atoms with E-state index in [2.05, 4.69) is 31.6 Å². The van der Waals surface area contributed by atoms with Gasteiger partial charge in [-0.3, -0.25) is 9.59 Å². The summed E-state index contributed by atoms with van der Waals surface area (Å²) < 4.78 is 6.57. The molecule has 0 aliphatic carbocycles. The lowest BCUT2D eigenvalue weighted by Crippen LogP contribution is -2.20. The Morgan fingerprint density at radius 1 is 1.14 bits per heavy atom. The highest BCUT2D eigenvalue weighted by molar-refractivity contribution is 9.10. The molecule has 6 nitrogen and oxygen atoms in total. The molecule has 1 aliphatic rings. The number of hydrogen-bond donors (Lipinski definition) is 2. The number of nitrogens with zero attached hydrogens (tertiary/aromatic N) is 1. The summed E-state index contributed by atoms with van der Waals surface area (Å²) in [5, 5.41) is 7.14. The summed E-state index contributed by atoms with van der Waals surface area (Å²) in [6, 6.07) is 17.6. The molecule has 178 valence electrons. The van der Waals surface area contributed by atoms with Gasteiger partial charge in [-0.15, -0.1) is 0 Å². The van der Waals surface area contributed by atoms with Gasteiger partial charge in [-0.05, 0) is 84.9 Å². The summed E-state index contributed by atoms with van der Waals surface area (Å²) in [7, 11) is 0. The lowest BCUT2D eigenvalue weighted by atomic mass is 10.2. The number of nitrogens with one attached hydrogen (secondary N) is 2. The van der Waals surface area contributed by atoms with Gasteiger partial charge in [-0.2, -0.15) is 0 Å². The van der Waals surface area contributed by atoms with Gasteiger partial charge in [0.25, 0.3) is 11.8 Å². The van der Waals surface area contributed by atoms with Crippen LogP contribution in [0.5, 0.6) is 5.75 Å². The van der Waals surface area contributed by atoms with E-state index in [4.69, 9.17) is 27.9 Å². The summed E-state index contributed by atoms with van der Waals surface area (Å²) in [4.78, 5) is 29.8. The molecule has 0 unspecified atom stereocenters. The monoisotopic (exact) mass is 589 g/mol. The minimum Gasteiger partial charge on any atom is -0.483 e. The summed E-state index contributed by atoms with van der Waals surface area (Å²) >= 11 is 16.7. The van der Waals surface area contributed by atoms with E-state index in [9.17, 15) is 9.59 Å². The van der Waals surface area contributed by atoms with E-state index in [1.54, 1.807) is 54.6 Å². The standard InChI is InChI=1S/C25H18BrCl2N3O3S/c1-14-2-6-19(12-20(14)28)29-23(32)13-34-21-9-3-16(26)10-15(21)11-22-24(33)31-25(35-22)30-18-7-4-17(27)5-8-18/h2-12H,13H2,1H3,(H,29,32)(H,30,31,33)/b22-11-. The topological polar surface area (TPSA) is 79.8 Å². The first-order valence-corrected chi connectivity index (χ1v) is 12.7. The highest BCUT2D eigenvalue weighted by Crippen LogP contribution is 2.32. The molecule has 0 radical (unpaired) electrons. The van der Waals surface area contributed by atoms with E-state index < -0.39 is 0 Å². The molecule has 35 heavy (non-hydrogen) atoms. The number of carbonyl (C=O) groups excluding carboxylic acids is 2. The van der Waals surface area contributed by atoms with Crippen LogP contribution in [-0.4, -0.2) is 23.6 Å². The van der Waals surface area contributed by atoms with Gasteiger partial charge >= 0.3 is 0 Å². The van der Waals surface area contributed by atoms with Crippen molar-refractivity contribution in [1.29, 1.82) is 0 Å². The van der Waals surface area contributed by atoms with E-state index in [0.717, 1.165) is 10.0 Å². The fourth-order valence-electron chi connectivity index (χ4n) is 3.03. The summed E-state index contributed by atoms with van der Waals surface area (Å²) in [5.74, 6) is -0.159.